The molecular formula is C9H13N5S. The van der Waals surface area contributed by atoms with Gasteiger partial charge in [0.25, 0.3) is 0 Å². The number of aromatic nitrogens is 4. The van der Waals surface area contributed by atoms with Crippen molar-refractivity contribution in [1.82, 2.24) is 18.9 Å². The van der Waals surface area contributed by atoms with E-state index in [0.29, 0.717) is 6.04 Å². The fraction of sp³-hybridized carbons (Fsp3) is 0.444. The first-order chi connectivity index (χ1) is 7.16. The maximum Gasteiger partial charge on any atom is 0.203 e. The predicted molar refractivity (Wildman–Crippen MR) is 60.9 cm³/mol. The van der Waals surface area contributed by atoms with Gasteiger partial charge in [0.1, 0.15) is 5.69 Å². The summed E-state index contributed by atoms with van der Waals surface area (Å²) >= 11 is 1.37. The van der Waals surface area contributed by atoms with Crippen LogP contribution < -0.4 is 5.32 Å². The summed E-state index contributed by atoms with van der Waals surface area (Å²) < 4.78 is 6.18. The van der Waals surface area contributed by atoms with E-state index in [1.54, 1.807) is 12.5 Å². The van der Waals surface area contributed by atoms with E-state index in [9.17, 15) is 0 Å². The number of anilines is 1. The van der Waals surface area contributed by atoms with E-state index in [-0.39, 0.29) is 0 Å². The maximum absolute atomic E-state index is 4.39. The molecule has 1 N–H and O–H groups in total. The van der Waals surface area contributed by atoms with E-state index in [4.69, 9.17) is 0 Å². The average Bonchev–Trinajstić information content (AvgIpc) is 2.72. The Kier molecular flexibility index (Phi) is 2.68. The van der Waals surface area contributed by atoms with Crippen molar-refractivity contribution < 1.29 is 0 Å². The Balaban J connectivity index is 2.24. The highest BCUT2D eigenvalue weighted by Crippen LogP contribution is 2.20. The van der Waals surface area contributed by atoms with Crippen molar-refractivity contribution in [2.45, 2.75) is 19.9 Å². The molecule has 0 spiro atoms. The zero-order valence-corrected chi connectivity index (χ0v) is 9.75. The van der Waals surface area contributed by atoms with Crippen LogP contribution in [-0.2, 0) is 7.05 Å². The number of hydrogen-bond acceptors (Lipinski definition) is 5. The van der Waals surface area contributed by atoms with E-state index in [1.165, 1.54) is 11.5 Å². The summed E-state index contributed by atoms with van der Waals surface area (Å²) in [6.45, 7) is 4.15. The van der Waals surface area contributed by atoms with Crippen molar-refractivity contribution in [3.63, 3.8) is 0 Å². The molecule has 2 aromatic rings. The Bertz CT molecular complexity index is 445. The average molecular weight is 223 g/mol. The molecule has 15 heavy (non-hydrogen) atoms. The van der Waals surface area contributed by atoms with Crippen LogP contribution in [-0.4, -0.2) is 25.0 Å². The monoisotopic (exact) mass is 223 g/mol. The summed E-state index contributed by atoms with van der Waals surface area (Å²) in [5.41, 5.74) is 0.933. The SMILES string of the molecule is CC(C)Nc1nc(-c2cncn2C)ns1. The highest BCUT2D eigenvalue weighted by atomic mass is 32.1. The van der Waals surface area contributed by atoms with E-state index in [0.717, 1.165) is 16.6 Å². The van der Waals surface area contributed by atoms with Gasteiger partial charge in [0.2, 0.25) is 5.13 Å². The molecule has 5 nitrogen and oxygen atoms in total. The third kappa shape index (κ3) is 2.15. The lowest BCUT2D eigenvalue weighted by molar-refractivity contribution is 0.893. The van der Waals surface area contributed by atoms with Gasteiger partial charge in [0, 0.05) is 24.6 Å². The highest BCUT2D eigenvalue weighted by molar-refractivity contribution is 7.09. The Hall–Kier alpha value is -1.43. The quantitative estimate of drug-likeness (QED) is 0.861. The first-order valence-electron chi connectivity index (χ1n) is 4.73. The molecule has 80 valence electrons. The lowest BCUT2D eigenvalue weighted by atomic mass is 10.4. The summed E-state index contributed by atoms with van der Waals surface area (Å²) in [6.07, 6.45) is 3.51. The van der Waals surface area contributed by atoms with Crippen molar-refractivity contribution in [3.05, 3.63) is 12.5 Å². The molecule has 2 aromatic heterocycles. The molecule has 0 aliphatic rings. The van der Waals surface area contributed by atoms with Crippen LogP contribution in [0.5, 0.6) is 0 Å². The summed E-state index contributed by atoms with van der Waals surface area (Å²) in [6, 6.07) is 0.373. The molecule has 0 fully saturated rings. The van der Waals surface area contributed by atoms with Gasteiger partial charge in [-0.05, 0) is 13.8 Å². The molecule has 0 aliphatic carbocycles. The number of imidazole rings is 1. The number of rotatable bonds is 3. The number of nitrogens with one attached hydrogen (secondary N) is 1. The van der Waals surface area contributed by atoms with Crippen molar-refractivity contribution in [1.29, 1.82) is 0 Å². The van der Waals surface area contributed by atoms with Gasteiger partial charge in [0.05, 0.1) is 12.5 Å². The zero-order valence-electron chi connectivity index (χ0n) is 8.93. The summed E-state index contributed by atoms with van der Waals surface area (Å²) in [7, 11) is 1.93. The third-order valence-electron chi connectivity index (χ3n) is 1.88. The second-order valence-corrected chi connectivity index (χ2v) is 4.36. The molecule has 0 atom stereocenters. The molecule has 0 radical (unpaired) electrons. The number of aryl methyl sites for hydroxylation is 1. The molecule has 2 heterocycles. The van der Waals surface area contributed by atoms with Gasteiger partial charge in [-0.25, -0.2) is 4.98 Å². The molecular weight excluding hydrogens is 210 g/mol. The van der Waals surface area contributed by atoms with E-state index in [2.05, 4.69) is 33.5 Å². The van der Waals surface area contributed by atoms with Gasteiger partial charge in [0.15, 0.2) is 5.82 Å². The summed E-state index contributed by atoms with van der Waals surface area (Å²) in [5.74, 6) is 0.725. The molecule has 0 unspecified atom stereocenters. The van der Waals surface area contributed by atoms with Gasteiger partial charge < -0.3 is 9.88 Å². The second-order valence-electron chi connectivity index (χ2n) is 3.61. The van der Waals surface area contributed by atoms with Crippen LogP contribution in [0.15, 0.2) is 12.5 Å². The fourth-order valence-electron chi connectivity index (χ4n) is 1.21. The van der Waals surface area contributed by atoms with Crippen LogP contribution in [0.2, 0.25) is 0 Å². The smallest absolute Gasteiger partial charge is 0.203 e. The van der Waals surface area contributed by atoms with Gasteiger partial charge in [-0.2, -0.15) is 9.36 Å². The molecule has 0 aromatic carbocycles. The van der Waals surface area contributed by atoms with Crippen LogP contribution >= 0.6 is 11.5 Å². The van der Waals surface area contributed by atoms with E-state index in [1.807, 2.05) is 11.6 Å². The fourth-order valence-corrected chi connectivity index (χ4v) is 1.93. The van der Waals surface area contributed by atoms with E-state index < -0.39 is 0 Å². The van der Waals surface area contributed by atoms with Crippen molar-refractivity contribution in [2.24, 2.45) is 7.05 Å². The van der Waals surface area contributed by atoms with Crippen LogP contribution in [0.25, 0.3) is 11.5 Å². The van der Waals surface area contributed by atoms with Crippen LogP contribution in [0, 0.1) is 0 Å². The molecule has 0 saturated carbocycles. The summed E-state index contributed by atoms with van der Waals surface area (Å²) in [5, 5.41) is 4.07. The Morgan fingerprint density at radius 3 is 2.87 bits per heavy atom. The minimum absolute atomic E-state index is 0.373. The van der Waals surface area contributed by atoms with Crippen LogP contribution in [0.3, 0.4) is 0 Å². The molecule has 2 rings (SSSR count). The first kappa shape index (κ1) is 10.1. The molecule has 0 bridgehead atoms. The van der Waals surface area contributed by atoms with Gasteiger partial charge in [-0.15, -0.1) is 0 Å². The largest absolute Gasteiger partial charge is 0.358 e. The minimum Gasteiger partial charge on any atom is -0.358 e. The molecule has 0 saturated heterocycles. The van der Waals surface area contributed by atoms with Crippen molar-refractivity contribution in [3.8, 4) is 11.5 Å². The normalized spacial score (nSPS) is 10.9. The van der Waals surface area contributed by atoms with Crippen molar-refractivity contribution >= 4 is 16.7 Å². The second kappa shape index (κ2) is 3.98. The minimum atomic E-state index is 0.373. The standard InChI is InChI=1S/C9H13N5S/c1-6(2)11-9-12-8(13-15-9)7-4-10-5-14(7)3/h4-6H,1-3H3,(H,11,12,13). The lowest BCUT2D eigenvalue weighted by Gasteiger charge is -2.03. The highest BCUT2D eigenvalue weighted by Gasteiger charge is 2.09. The predicted octanol–water partition coefficient (Wildman–Crippen LogP) is 1.76. The van der Waals surface area contributed by atoms with Crippen LogP contribution in [0.1, 0.15) is 13.8 Å². The molecule has 0 amide bonds. The zero-order chi connectivity index (χ0) is 10.8. The first-order valence-corrected chi connectivity index (χ1v) is 5.51. The van der Waals surface area contributed by atoms with Crippen molar-refractivity contribution in [2.75, 3.05) is 5.32 Å². The van der Waals surface area contributed by atoms with Gasteiger partial charge >= 0.3 is 0 Å². The lowest BCUT2D eigenvalue weighted by Crippen LogP contribution is -2.09. The van der Waals surface area contributed by atoms with Crippen LogP contribution in [0.4, 0.5) is 5.13 Å². The molecule has 6 heteroatoms. The maximum atomic E-state index is 4.39. The van der Waals surface area contributed by atoms with Gasteiger partial charge in [-0.3, -0.25) is 0 Å². The Morgan fingerprint density at radius 1 is 1.47 bits per heavy atom. The summed E-state index contributed by atoms with van der Waals surface area (Å²) in [4.78, 5) is 8.42. The Morgan fingerprint density at radius 2 is 2.27 bits per heavy atom. The van der Waals surface area contributed by atoms with Gasteiger partial charge in [-0.1, -0.05) is 0 Å². The Labute approximate surface area is 92.4 Å². The number of hydrogen-bond donors (Lipinski definition) is 1. The number of nitrogens with zero attached hydrogens (tertiary/aromatic N) is 4. The topological polar surface area (TPSA) is 55.6 Å². The van der Waals surface area contributed by atoms with E-state index >= 15 is 0 Å². The molecule has 0 aliphatic heterocycles. The third-order valence-corrected chi connectivity index (χ3v) is 2.53.